The summed E-state index contributed by atoms with van der Waals surface area (Å²) in [6.45, 7) is 9.35. The molecule has 0 saturated carbocycles. The van der Waals surface area contributed by atoms with E-state index in [1.165, 1.54) is 162 Å². The van der Waals surface area contributed by atoms with Crippen LogP contribution in [0.1, 0.15) is 146 Å². The fraction of sp³-hybridized carbons (Fsp3) is 0.233. The van der Waals surface area contributed by atoms with Crippen molar-refractivity contribution >= 4 is 56.8 Å². The normalized spacial score (nSPS) is 15.3. The van der Waals surface area contributed by atoms with E-state index in [2.05, 4.69) is 242 Å². The summed E-state index contributed by atoms with van der Waals surface area (Å²) in [5.74, 6) is 0. The summed E-state index contributed by atoms with van der Waals surface area (Å²) in [4.78, 5) is 7.92. The van der Waals surface area contributed by atoms with E-state index >= 15 is 0 Å². The van der Waals surface area contributed by atoms with Crippen molar-refractivity contribution in [2.24, 2.45) is 0 Å². The van der Waals surface area contributed by atoms with Gasteiger partial charge in [-0.15, -0.1) is 22.7 Å². The molecule has 0 unspecified atom stereocenters. The first-order valence-corrected chi connectivity index (χ1v) is 30.3. The van der Waals surface area contributed by atoms with Crippen LogP contribution in [0.15, 0.2) is 205 Å². The number of aryl methyl sites for hydroxylation is 2. The fourth-order valence-electron chi connectivity index (χ4n) is 14.5. The van der Waals surface area contributed by atoms with Crippen molar-refractivity contribution in [1.82, 2.24) is 0 Å². The minimum absolute atomic E-state index is 0.152. The van der Waals surface area contributed by atoms with Crippen molar-refractivity contribution in [1.29, 1.82) is 0 Å². The van der Waals surface area contributed by atoms with Gasteiger partial charge < -0.3 is 9.80 Å². The summed E-state index contributed by atoms with van der Waals surface area (Å²) in [5.41, 5.74) is 24.9. The predicted molar refractivity (Wildman–Crippen MR) is 328 cm³/mol. The largest absolute Gasteiger partial charge is 0.310 e. The Bertz CT molecular complexity index is 3700. The quantitative estimate of drug-likeness (QED) is 0.100. The molecule has 0 N–H and O–H groups in total. The maximum atomic E-state index is 2.71. The molecule has 14 rings (SSSR count). The van der Waals surface area contributed by atoms with Gasteiger partial charge in [0.15, 0.2) is 0 Å². The highest BCUT2D eigenvalue weighted by Crippen LogP contribution is 2.68. The Morgan fingerprint density at radius 3 is 1.38 bits per heavy atom. The lowest BCUT2D eigenvalue weighted by molar-refractivity contribution is 0.632. The van der Waals surface area contributed by atoms with E-state index in [1.54, 1.807) is 0 Å². The first kappa shape index (κ1) is 48.2. The minimum Gasteiger partial charge on any atom is -0.310 e. The van der Waals surface area contributed by atoms with Gasteiger partial charge in [-0.3, -0.25) is 0 Å². The Morgan fingerprint density at radius 1 is 0.351 bits per heavy atom. The zero-order valence-corrected chi connectivity index (χ0v) is 46.5. The Labute approximate surface area is 464 Å². The summed E-state index contributed by atoms with van der Waals surface area (Å²) in [5, 5.41) is 4.67. The Hall–Kier alpha value is -7.24. The molecule has 0 saturated heterocycles. The average Bonchev–Trinajstić information content (AvgIpc) is 4.48. The van der Waals surface area contributed by atoms with Crippen molar-refractivity contribution in [3.8, 4) is 20.9 Å². The lowest BCUT2D eigenvalue weighted by Gasteiger charge is -2.46. The third kappa shape index (κ3) is 7.17. The van der Waals surface area contributed by atoms with Gasteiger partial charge in [0.25, 0.3) is 0 Å². The van der Waals surface area contributed by atoms with Crippen LogP contribution in [-0.4, -0.2) is 0 Å². The van der Waals surface area contributed by atoms with Gasteiger partial charge in [-0.05, 0) is 175 Å². The molecule has 2 aliphatic heterocycles. The third-order valence-electron chi connectivity index (χ3n) is 18.1. The highest BCUT2D eigenvalue weighted by atomic mass is 32.1. The second kappa shape index (κ2) is 19.0. The number of para-hydroxylation sites is 3. The van der Waals surface area contributed by atoms with Crippen LogP contribution in [-0.2, 0) is 29.1 Å². The van der Waals surface area contributed by atoms with Crippen molar-refractivity contribution in [3.05, 3.63) is 272 Å². The molecule has 8 aromatic carbocycles. The second-order valence-corrected chi connectivity index (χ2v) is 24.5. The van der Waals surface area contributed by atoms with Crippen LogP contribution < -0.4 is 9.80 Å². The smallest absolute Gasteiger partial charge is 0.0771 e. The second-order valence-electron chi connectivity index (χ2n) is 22.7. The van der Waals surface area contributed by atoms with E-state index in [1.807, 2.05) is 22.7 Å². The van der Waals surface area contributed by atoms with Crippen molar-refractivity contribution in [2.45, 2.75) is 108 Å². The Morgan fingerprint density at radius 2 is 0.831 bits per heavy atom. The molecule has 0 radical (unpaired) electrons. The molecule has 0 atom stereocenters. The number of fused-ring (bicyclic) bond motifs is 14. The Balaban J connectivity index is 1.03. The molecule has 2 aliphatic carbocycles. The summed E-state index contributed by atoms with van der Waals surface area (Å²) < 4.78 is 0. The SMILES string of the molecule is CCCCCCc1ccc(C2(c3ccc(CCCCCC)cc3)c3ccccc3-c3cc4c(cc32)C2(c3ccccc3N4c3cccc(N4c5ccccc5C(C)(C)c5ccccc54)c3)c3ccsc3-c3sccc32)cc1. The predicted octanol–water partition coefficient (Wildman–Crippen LogP) is 20.7. The number of hydrogen-bond donors (Lipinski definition) is 0. The monoisotopic (exact) mass is 1030 g/mol. The molecular formula is C73H66N2S2. The number of unbranched alkanes of at least 4 members (excludes halogenated alkanes) is 6. The summed E-state index contributed by atoms with van der Waals surface area (Å²) in [6.07, 6.45) is 12.3. The molecule has 4 heteroatoms. The molecule has 1 spiro atoms. The van der Waals surface area contributed by atoms with Gasteiger partial charge >= 0.3 is 0 Å². The highest BCUT2D eigenvalue weighted by molar-refractivity contribution is 7.21. The van der Waals surface area contributed by atoms with Crippen LogP contribution in [0.4, 0.5) is 34.1 Å². The highest BCUT2D eigenvalue weighted by Gasteiger charge is 2.55. The van der Waals surface area contributed by atoms with Gasteiger partial charge in [-0.25, -0.2) is 0 Å². The molecule has 0 bridgehead atoms. The molecule has 4 heterocycles. The number of rotatable bonds is 14. The molecule has 0 amide bonds. The lowest BCUT2D eigenvalue weighted by atomic mass is 9.62. The number of hydrogen-bond acceptors (Lipinski definition) is 4. The maximum absolute atomic E-state index is 2.71. The van der Waals surface area contributed by atoms with E-state index in [-0.39, 0.29) is 5.41 Å². The first-order chi connectivity index (χ1) is 37.9. The van der Waals surface area contributed by atoms with Crippen LogP contribution in [0.2, 0.25) is 0 Å². The lowest BCUT2D eigenvalue weighted by Crippen LogP contribution is -2.37. The number of nitrogens with zero attached hydrogens (tertiary/aromatic N) is 2. The van der Waals surface area contributed by atoms with Gasteiger partial charge in [0.1, 0.15) is 0 Å². The van der Waals surface area contributed by atoms with Crippen LogP contribution >= 0.6 is 22.7 Å². The van der Waals surface area contributed by atoms with E-state index in [4.69, 9.17) is 0 Å². The van der Waals surface area contributed by atoms with Crippen LogP contribution in [0.25, 0.3) is 20.9 Å². The molecule has 380 valence electrons. The van der Waals surface area contributed by atoms with Gasteiger partial charge in [0.05, 0.1) is 33.6 Å². The maximum Gasteiger partial charge on any atom is 0.0771 e. The van der Waals surface area contributed by atoms with Gasteiger partial charge in [0, 0.05) is 26.5 Å². The molecule has 0 fully saturated rings. The van der Waals surface area contributed by atoms with Gasteiger partial charge in [-0.1, -0.05) is 200 Å². The van der Waals surface area contributed by atoms with E-state index in [9.17, 15) is 0 Å². The molecule has 2 aromatic heterocycles. The number of anilines is 6. The number of benzene rings is 8. The summed E-state index contributed by atoms with van der Waals surface area (Å²) >= 11 is 3.80. The zero-order valence-electron chi connectivity index (χ0n) is 44.9. The fourth-order valence-corrected chi connectivity index (χ4v) is 16.6. The van der Waals surface area contributed by atoms with E-state index in [0.717, 1.165) is 24.2 Å². The standard InChI is InChI=1S/C73H66N2S2/c1-5-7-9-11-22-49-34-38-51(39-35-49)72(52-40-36-50(37-41-52)23-12-10-8-6-2)57-27-14-13-26-55(57)56-47-68-64(48-63(56)72)73(61-42-44-76-69(61)70-62(73)43-45-77-70)60-30-17-20-33-67(60)75(68)54-25-21-24-53(46-54)74-65-31-18-15-28-58(65)71(3,4)59-29-16-19-32-66(59)74/h13-21,24-48H,5-12,22-23H2,1-4H3. The van der Waals surface area contributed by atoms with Crippen molar-refractivity contribution in [2.75, 3.05) is 9.80 Å². The zero-order chi connectivity index (χ0) is 51.9. The average molecular weight is 1040 g/mol. The van der Waals surface area contributed by atoms with Crippen LogP contribution in [0, 0.1) is 0 Å². The summed E-state index contributed by atoms with van der Waals surface area (Å²) in [6, 6.07) is 76.1. The van der Waals surface area contributed by atoms with Crippen LogP contribution in [0.5, 0.6) is 0 Å². The van der Waals surface area contributed by atoms with Gasteiger partial charge in [0.2, 0.25) is 0 Å². The topological polar surface area (TPSA) is 6.48 Å². The minimum atomic E-state index is -0.568. The first-order valence-electron chi connectivity index (χ1n) is 28.5. The van der Waals surface area contributed by atoms with Crippen molar-refractivity contribution in [3.63, 3.8) is 0 Å². The Kier molecular flexibility index (Phi) is 11.9. The third-order valence-corrected chi connectivity index (χ3v) is 20.1. The van der Waals surface area contributed by atoms with Crippen LogP contribution in [0.3, 0.4) is 0 Å². The molecule has 77 heavy (non-hydrogen) atoms. The molecule has 4 aliphatic rings. The van der Waals surface area contributed by atoms with E-state index in [0.29, 0.717) is 0 Å². The number of thiophene rings is 2. The molecule has 10 aromatic rings. The summed E-state index contributed by atoms with van der Waals surface area (Å²) in [7, 11) is 0. The van der Waals surface area contributed by atoms with Gasteiger partial charge in [-0.2, -0.15) is 0 Å². The van der Waals surface area contributed by atoms with E-state index < -0.39 is 10.8 Å². The molecular weight excluding hydrogens is 969 g/mol. The van der Waals surface area contributed by atoms with Crippen molar-refractivity contribution < 1.29 is 0 Å². The molecule has 2 nitrogen and oxygen atoms in total.